The number of aromatic nitrogens is 2. The fourth-order valence-electron chi connectivity index (χ4n) is 2.28. The number of benzene rings is 2. The minimum atomic E-state index is -2.29. The summed E-state index contributed by atoms with van der Waals surface area (Å²) in [7, 11) is 3.10. The van der Waals surface area contributed by atoms with Gasteiger partial charge in [0.15, 0.2) is 11.6 Å². The van der Waals surface area contributed by atoms with E-state index in [-0.39, 0.29) is 11.6 Å². The highest BCUT2D eigenvalue weighted by Crippen LogP contribution is 2.33. The van der Waals surface area contributed by atoms with E-state index in [0.717, 1.165) is 0 Å². The summed E-state index contributed by atoms with van der Waals surface area (Å²) in [5, 5.41) is 3.08. The van der Waals surface area contributed by atoms with Crippen molar-refractivity contribution in [1.82, 2.24) is 9.97 Å². The molecule has 130 valence electrons. The number of nitrogens with one attached hydrogen (secondary N) is 2. The van der Waals surface area contributed by atoms with Crippen LogP contribution in [-0.2, 0) is 11.3 Å². The second-order valence-electron chi connectivity index (χ2n) is 4.95. The average molecular weight is 360 g/mol. The van der Waals surface area contributed by atoms with Gasteiger partial charge in [-0.15, -0.1) is 0 Å². The predicted octanol–water partition coefficient (Wildman–Crippen LogP) is 2.94. The van der Waals surface area contributed by atoms with Crippen molar-refractivity contribution in [3.8, 4) is 11.5 Å². The summed E-state index contributed by atoms with van der Waals surface area (Å²) in [5.41, 5.74) is 1.82. The zero-order valence-electron chi connectivity index (χ0n) is 13.5. The SMILES string of the molecule is COc1ccc(OC)c(Nc2nc3ccccc3nc2NS(=O)O)c1. The zero-order chi connectivity index (χ0) is 17.8. The Balaban J connectivity index is 2.09. The van der Waals surface area contributed by atoms with Crippen LogP contribution in [0.4, 0.5) is 17.3 Å². The lowest BCUT2D eigenvalue weighted by atomic mass is 10.2. The number of para-hydroxylation sites is 2. The largest absolute Gasteiger partial charge is 0.497 e. The molecule has 0 bridgehead atoms. The minimum Gasteiger partial charge on any atom is -0.497 e. The quantitative estimate of drug-likeness (QED) is 0.580. The molecule has 9 heteroatoms. The molecule has 1 heterocycles. The maximum atomic E-state index is 11.2. The number of methoxy groups -OCH3 is 2. The van der Waals surface area contributed by atoms with E-state index in [1.165, 1.54) is 0 Å². The molecule has 1 unspecified atom stereocenters. The first-order chi connectivity index (χ1) is 12.1. The summed E-state index contributed by atoms with van der Waals surface area (Å²) >= 11 is -2.29. The van der Waals surface area contributed by atoms with E-state index in [1.807, 2.05) is 12.1 Å². The van der Waals surface area contributed by atoms with Gasteiger partial charge in [-0.25, -0.2) is 14.2 Å². The highest BCUT2D eigenvalue weighted by Gasteiger charge is 2.13. The Morgan fingerprint density at radius 3 is 2.28 bits per heavy atom. The van der Waals surface area contributed by atoms with Gasteiger partial charge in [0.1, 0.15) is 11.5 Å². The van der Waals surface area contributed by atoms with Gasteiger partial charge in [0, 0.05) is 6.07 Å². The van der Waals surface area contributed by atoms with E-state index in [1.54, 1.807) is 44.6 Å². The van der Waals surface area contributed by atoms with Gasteiger partial charge in [-0.05, 0) is 24.3 Å². The molecule has 3 aromatic rings. The Labute approximate surface area is 146 Å². The number of fused-ring (bicyclic) bond motifs is 1. The van der Waals surface area contributed by atoms with Crippen LogP contribution in [0.1, 0.15) is 0 Å². The Morgan fingerprint density at radius 2 is 1.68 bits per heavy atom. The first-order valence-electron chi connectivity index (χ1n) is 7.24. The molecule has 0 spiro atoms. The third-order valence-corrected chi connectivity index (χ3v) is 3.78. The molecule has 3 N–H and O–H groups in total. The van der Waals surface area contributed by atoms with Crippen molar-refractivity contribution in [2.24, 2.45) is 0 Å². The molecule has 1 atom stereocenters. The fourth-order valence-corrected chi connectivity index (χ4v) is 2.59. The summed E-state index contributed by atoms with van der Waals surface area (Å²) in [6, 6.07) is 12.5. The summed E-state index contributed by atoms with van der Waals surface area (Å²) in [6.45, 7) is 0. The van der Waals surface area contributed by atoms with Gasteiger partial charge in [-0.1, -0.05) is 12.1 Å². The van der Waals surface area contributed by atoms with Gasteiger partial charge in [-0.3, -0.25) is 9.27 Å². The minimum absolute atomic E-state index is 0.143. The molecular weight excluding hydrogens is 344 g/mol. The lowest BCUT2D eigenvalue weighted by Gasteiger charge is -2.14. The van der Waals surface area contributed by atoms with Crippen LogP contribution in [0.25, 0.3) is 11.0 Å². The first kappa shape index (κ1) is 16.9. The predicted molar refractivity (Wildman–Crippen MR) is 96.8 cm³/mol. The van der Waals surface area contributed by atoms with Crippen molar-refractivity contribution in [2.45, 2.75) is 0 Å². The van der Waals surface area contributed by atoms with Gasteiger partial charge in [0.2, 0.25) is 0 Å². The number of anilines is 3. The van der Waals surface area contributed by atoms with Crippen LogP contribution in [0.2, 0.25) is 0 Å². The molecule has 0 aliphatic carbocycles. The van der Waals surface area contributed by atoms with Crippen molar-refractivity contribution in [2.75, 3.05) is 24.3 Å². The number of ether oxygens (including phenoxy) is 2. The van der Waals surface area contributed by atoms with Crippen LogP contribution in [0, 0.1) is 0 Å². The Kier molecular flexibility index (Phi) is 4.96. The summed E-state index contributed by atoms with van der Waals surface area (Å²) in [5.74, 6) is 1.61. The van der Waals surface area contributed by atoms with Crippen molar-refractivity contribution in [3.63, 3.8) is 0 Å². The van der Waals surface area contributed by atoms with Crippen molar-refractivity contribution in [3.05, 3.63) is 42.5 Å². The van der Waals surface area contributed by atoms with Crippen LogP contribution in [0.3, 0.4) is 0 Å². The second-order valence-corrected chi connectivity index (χ2v) is 5.65. The lowest BCUT2D eigenvalue weighted by Crippen LogP contribution is -2.09. The Bertz CT molecular complexity index is 935. The molecule has 0 fully saturated rings. The number of hydrogen-bond acceptors (Lipinski definition) is 6. The fraction of sp³-hybridized carbons (Fsp3) is 0.125. The summed E-state index contributed by atoms with van der Waals surface area (Å²) in [6.07, 6.45) is 0. The molecule has 0 saturated carbocycles. The highest BCUT2D eigenvalue weighted by molar-refractivity contribution is 7.80. The van der Waals surface area contributed by atoms with Gasteiger partial charge in [0.25, 0.3) is 11.3 Å². The van der Waals surface area contributed by atoms with Crippen LogP contribution < -0.4 is 19.5 Å². The summed E-state index contributed by atoms with van der Waals surface area (Å²) in [4.78, 5) is 8.82. The number of hydrogen-bond donors (Lipinski definition) is 3. The topological polar surface area (TPSA) is 106 Å². The third kappa shape index (κ3) is 3.78. The Morgan fingerprint density at radius 1 is 1.00 bits per heavy atom. The van der Waals surface area contributed by atoms with Crippen LogP contribution in [-0.4, -0.2) is 32.9 Å². The van der Waals surface area contributed by atoms with Crippen LogP contribution in [0.15, 0.2) is 42.5 Å². The van der Waals surface area contributed by atoms with E-state index in [0.29, 0.717) is 28.2 Å². The molecule has 1 aromatic heterocycles. The molecular formula is C16H16N4O4S. The van der Waals surface area contributed by atoms with Crippen molar-refractivity contribution < 1.29 is 18.2 Å². The second kappa shape index (κ2) is 7.32. The Hall–Kier alpha value is -2.91. The molecule has 25 heavy (non-hydrogen) atoms. The van der Waals surface area contributed by atoms with Crippen LogP contribution >= 0.6 is 0 Å². The molecule has 0 aliphatic heterocycles. The molecule has 0 saturated heterocycles. The first-order valence-corrected chi connectivity index (χ1v) is 8.34. The van der Waals surface area contributed by atoms with E-state index in [2.05, 4.69) is 20.0 Å². The third-order valence-electron chi connectivity index (χ3n) is 3.41. The van der Waals surface area contributed by atoms with Crippen molar-refractivity contribution in [1.29, 1.82) is 0 Å². The van der Waals surface area contributed by atoms with Gasteiger partial charge in [-0.2, -0.15) is 0 Å². The van der Waals surface area contributed by atoms with E-state index in [9.17, 15) is 8.76 Å². The monoisotopic (exact) mass is 360 g/mol. The number of rotatable bonds is 6. The van der Waals surface area contributed by atoms with Gasteiger partial charge in [0.05, 0.1) is 30.9 Å². The molecule has 0 amide bonds. The smallest absolute Gasteiger partial charge is 0.260 e. The molecule has 0 radical (unpaired) electrons. The lowest BCUT2D eigenvalue weighted by molar-refractivity contribution is 0.405. The molecule has 0 aliphatic rings. The highest BCUT2D eigenvalue weighted by atomic mass is 32.2. The number of nitrogens with zero attached hydrogens (tertiary/aromatic N) is 2. The normalized spacial score (nSPS) is 11.8. The summed E-state index contributed by atoms with van der Waals surface area (Å²) < 4.78 is 33.3. The maximum absolute atomic E-state index is 11.2. The maximum Gasteiger partial charge on any atom is 0.260 e. The van der Waals surface area contributed by atoms with Crippen molar-refractivity contribution >= 4 is 39.6 Å². The molecule has 3 rings (SSSR count). The van der Waals surface area contributed by atoms with Crippen LogP contribution in [0.5, 0.6) is 11.5 Å². The van der Waals surface area contributed by atoms with E-state index >= 15 is 0 Å². The van der Waals surface area contributed by atoms with E-state index in [4.69, 9.17) is 9.47 Å². The van der Waals surface area contributed by atoms with Gasteiger partial charge >= 0.3 is 0 Å². The zero-order valence-corrected chi connectivity index (χ0v) is 14.3. The molecule has 2 aromatic carbocycles. The standard InChI is InChI=1S/C16H16N4O4S/c1-23-10-7-8-14(24-2)13(9-10)19-15-16(20-25(21)22)18-12-6-4-3-5-11(12)17-15/h3-9H,1-2H3,(H,17,19)(H,18,20)(H,21,22). The van der Waals surface area contributed by atoms with Gasteiger partial charge < -0.3 is 14.8 Å². The average Bonchev–Trinajstić information content (AvgIpc) is 2.61. The van der Waals surface area contributed by atoms with E-state index < -0.39 is 11.3 Å². The molecule has 8 nitrogen and oxygen atoms in total.